The molecule has 1 saturated heterocycles. The molecule has 0 radical (unpaired) electrons. The third-order valence-corrected chi connectivity index (χ3v) is 3.31. The molecule has 21 heavy (non-hydrogen) atoms. The van der Waals surface area contributed by atoms with E-state index in [1.54, 1.807) is 13.0 Å². The maximum absolute atomic E-state index is 12.0. The molecule has 1 N–H and O–H groups in total. The summed E-state index contributed by atoms with van der Waals surface area (Å²) in [5.74, 6) is -0.311. The lowest BCUT2D eigenvalue weighted by Crippen LogP contribution is -2.33. The van der Waals surface area contributed by atoms with Gasteiger partial charge in [0, 0.05) is 19.3 Å². The summed E-state index contributed by atoms with van der Waals surface area (Å²) >= 11 is 0. The standard InChI is InChI=1S/C15H20N2O4/c1-2-21-15(19)12-5-6-13(16-9-12)14(18)17-8-11-4-3-7-20-10-11/h5-6,9,11H,2-4,7-8,10H2,1H3,(H,17,18)/t11-/m0/s1. The zero-order chi connectivity index (χ0) is 15.1. The Bertz CT molecular complexity index is 481. The molecule has 2 heterocycles. The van der Waals surface area contributed by atoms with Gasteiger partial charge in [0.1, 0.15) is 5.69 Å². The van der Waals surface area contributed by atoms with Gasteiger partial charge < -0.3 is 14.8 Å². The first-order chi connectivity index (χ1) is 10.2. The summed E-state index contributed by atoms with van der Waals surface area (Å²) in [4.78, 5) is 27.4. The Labute approximate surface area is 123 Å². The third kappa shape index (κ3) is 4.53. The van der Waals surface area contributed by atoms with Crippen LogP contribution in [-0.2, 0) is 9.47 Å². The number of amides is 1. The zero-order valence-electron chi connectivity index (χ0n) is 12.1. The van der Waals surface area contributed by atoms with Gasteiger partial charge in [-0.3, -0.25) is 9.78 Å². The predicted molar refractivity (Wildman–Crippen MR) is 76.1 cm³/mol. The molecule has 6 nitrogen and oxygen atoms in total. The normalized spacial score (nSPS) is 18.0. The molecular formula is C15H20N2O4. The van der Waals surface area contributed by atoms with Gasteiger partial charge in [-0.25, -0.2) is 4.79 Å². The Morgan fingerprint density at radius 2 is 2.33 bits per heavy atom. The van der Waals surface area contributed by atoms with E-state index in [2.05, 4.69) is 10.3 Å². The molecule has 114 valence electrons. The van der Waals surface area contributed by atoms with Gasteiger partial charge in [-0.2, -0.15) is 0 Å². The van der Waals surface area contributed by atoms with Gasteiger partial charge in [0.25, 0.3) is 5.91 Å². The van der Waals surface area contributed by atoms with Crippen LogP contribution >= 0.6 is 0 Å². The number of hydrogen-bond donors (Lipinski definition) is 1. The topological polar surface area (TPSA) is 77.5 Å². The first kappa shape index (κ1) is 15.4. The SMILES string of the molecule is CCOC(=O)c1ccc(C(=O)NC[C@@H]2CCCOC2)nc1. The number of rotatable bonds is 5. The molecule has 1 aliphatic heterocycles. The van der Waals surface area contributed by atoms with Crippen molar-refractivity contribution in [2.45, 2.75) is 19.8 Å². The second-order valence-corrected chi connectivity index (χ2v) is 4.95. The highest BCUT2D eigenvalue weighted by Crippen LogP contribution is 2.12. The minimum Gasteiger partial charge on any atom is -0.462 e. The van der Waals surface area contributed by atoms with Crippen LogP contribution < -0.4 is 5.32 Å². The van der Waals surface area contributed by atoms with Crippen LogP contribution in [0.4, 0.5) is 0 Å². The van der Waals surface area contributed by atoms with Gasteiger partial charge >= 0.3 is 5.97 Å². The Hall–Kier alpha value is -1.95. The van der Waals surface area contributed by atoms with E-state index in [1.807, 2.05) is 0 Å². The minimum atomic E-state index is -0.434. The number of hydrogen-bond acceptors (Lipinski definition) is 5. The highest BCUT2D eigenvalue weighted by atomic mass is 16.5. The largest absolute Gasteiger partial charge is 0.462 e. The fourth-order valence-electron chi connectivity index (χ4n) is 2.16. The van der Waals surface area contributed by atoms with E-state index >= 15 is 0 Å². The van der Waals surface area contributed by atoms with Crippen LogP contribution in [0.2, 0.25) is 0 Å². The van der Waals surface area contributed by atoms with Crippen molar-refractivity contribution >= 4 is 11.9 Å². The highest BCUT2D eigenvalue weighted by molar-refractivity contribution is 5.94. The maximum Gasteiger partial charge on any atom is 0.339 e. The summed E-state index contributed by atoms with van der Waals surface area (Å²) in [6.45, 7) is 4.13. The van der Waals surface area contributed by atoms with Gasteiger partial charge in [0.2, 0.25) is 0 Å². The number of ether oxygens (including phenoxy) is 2. The number of nitrogens with zero attached hydrogens (tertiary/aromatic N) is 1. The van der Waals surface area contributed by atoms with Crippen molar-refractivity contribution in [1.29, 1.82) is 0 Å². The van der Waals surface area contributed by atoms with Gasteiger partial charge in [-0.1, -0.05) is 0 Å². The Balaban J connectivity index is 1.85. The van der Waals surface area contributed by atoms with Gasteiger partial charge in [0.15, 0.2) is 0 Å². The van der Waals surface area contributed by atoms with Crippen molar-refractivity contribution in [1.82, 2.24) is 10.3 Å². The molecule has 1 aromatic rings. The Morgan fingerprint density at radius 3 is 2.95 bits per heavy atom. The number of carbonyl (C=O) groups excluding carboxylic acids is 2. The molecule has 1 amide bonds. The lowest BCUT2D eigenvalue weighted by Gasteiger charge is -2.22. The minimum absolute atomic E-state index is 0.240. The van der Waals surface area contributed by atoms with Gasteiger partial charge in [-0.05, 0) is 37.8 Å². The molecule has 0 bridgehead atoms. The average molecular weight is 292 g/mol. The number of pyridine rings is 1. The molecule has 1 fully saturated rings. The van der Waals surface area contributed by atoms with E-state index in [0.717, 1.165) is 19.4 Å². The summed E-state index contributed by atoms with van der Waals surface area (Å²) in [5, 5.41) is 2.84. The quantitative estimate of drug-likeness (QED) is 0.830. The van der Waals surface area contributed by atoms with Crippen LogP contribution in [0.25, 0.3) is 0 Å². The zero-order valence-corrected chi connectivity index (χ0v) is 12.1. The smallest absolute Gasteiger partial charge is 0.339 e. The molecule has 0 saturated carbocycles. The second-order valence-electron chi connectivity index (χ2n) is 4.95. The molecule has 6 heteroatoms. The van der Waals surface area contributed by atoms with Crippen molar-refractivity contribution in [3.8, 4) is 0 Å². The van der Waals surface area contributed by atoms with Crippen molar-refractivity contribution < 1.29 is 19.1 Å². The highest BCUT2D eigenvalue weighted by Gasteiger charge is 2.16. The van der Waals surface area contributed by atoms with Crippen LogP contribution in [0.5, 0.6) is 0 Å². The summed E-state index contributed by atoms with van der Waals surface area (Å²) in [6, 6.07) is 3.07. The van der Waals surface area contributed by atoms with Crippen LogP contribution in [0.1, 0.15) is 40.6 Å². The number of aromatic nitrogens is 1. The Kier molecular flexibility index (Phi) is 5.68. The molecular weight excluding hydrogens is 272 g/mol. The first-order valence-electron chi connectivity index (χ1n) is 7.19. The number of nitrogens with one attached hydrogen (secondary N) is 1. The number of carbonyl (C=O) groups is 2. The monoisotopic (exact) mass is 292 g/mol. The van der Waals surface area contributed by atoms with Crippen molar-refractivity contribution in [3.63, 3.8) is 0 Å². The molecule has 1 aromatic heterocycles. The van der Waals surface area contributed by atoms with E-state index in [-0.39, 0.29) is 5.91 Å². The molecule has 0 aromatic carbocycles. The van der Waals surface area contributed by atoms with E-state index < -0.39 is 5.97 Å². The molecule has 1 aliphatic rings. The molecule has 2 rings (SSSR count). The van der Waals surface area contributed by atoms with Crippen LogP contribution in [0, 0.1) is 5.92 Å². The second kappa shape index (κ2) is 7.73. The summed E-state index contributed by atoms with van der Waals surface area (Å²) in [5.41, 5.74) is 0.633. The summed E-state index contributed by atoms with van der Waals surface area (Å²) in [6.07, 6.45) is 3.46. The van der Waals surface area contributed by atoms with E-state index in [9.17, 15) is 9.59 Å². The third-order valence-electron chi connectivity index (χ3n) is 3.31. The van der Waals surface area contributed by atoms with Crippen molar-refractivity contribution in [3.05, 3.63) is 29.6 Å². The Morgan fingerprint density at radius 1 is 1.48 bits per heavy atom. The van der Waals surface area contributed by atoms with Crippen LogP contribution in [-0.4, -0.2) is 43.2 Å². The molecule has 0 spiro atoms. The van der Waals surface area contributed by atoms with Crippen LogP contribution in [0.3, 0.4) is 0 Å². The van der Waals surface area contributed by atoms with Crippen molar-refractivity contribution in [2.75, 3.05) is 26.4 Å². The van der Waals surface area contributed by atoms with E-state index in [4.69, 9.17) is 9.47 Å². The fraction of sp³-hybridized carbons (Fsp3) is 0.533. The molecule has 0 unspecified atom stereocenters. The summed E-state index contributed by atoms with van der Waals surface area (Å²) < 4.78 is 10.2. The summed E-state index contributed by atoms with van der Waals surface area (Å²) in [7, 11) is 0. The fourth-order valence-corrected chi connectivity index (χ4v) is 2.16. The lowest BCUT2D eigenvalue weighted by molar-refractivity contribution is 0.0522. The average Bonchev–Trinajstić information content (AvgIpc) is 2.54. The molecule has 1 atom stereocenters. The van der Waals surface area contributed by atoms with E-state index in [1.165, 1.54) is 12.3 Å². The van der Waals surface area contributed by atoms with Gasteiger partial charge in [0.05, 0.1) is 18.8 Å². The first-order valence-corrected chi connectivity index (χ1v) is 7.19. The van der Waals surface area contributed by atoms with Gasteiger partial charge in [-0.15, -0.1) is 0 Å². The van der Waals surface area contributed by atoms with Crippen molar-refractivity contribution in [2.24, 2.45) is 5.92 Å². The number of esters is 1. The molecule has 0 aliphatic carbocycles. The maximum atomic E-state index is 12.0. The van der Waals surface area contributed by atoms with E-state index in [0.29, 0.717) is 36.9 Å². The lowest BCUT2D eigenvalue weighted by atomic mass is 10.0. The predicted octanol–water partition coefficient (Wildman–Crippen LogP) is 1.41. The van der Waals surface area contributed by atoms with Crippen LogP contribution in [0.15, 0.2) is 18.3 Å².